The Morgan fingerprint density at radius 2 is 2.11 bits per heavy atom. The van der Waals surface area contributed by atoms with Crippen molar-refractivity contribution in [3.8, 4) is 5.69 Å². The SMILES string of the molecule is CCNC(=NCC1CCS(=O)(=O)C1)NCCc1ccc(-n2cccn2)cc1. The van der Waals surface area contributed by atoms with Crippen molar-refractivity contribution in [1.29, 1.82) is 0 Å². The van der Waals surface area contributed by atoms with Crippen LogP contribution in [0.15, 0.2) is 47.7 Å². The molecular weight excluding hydrogens is 362 g/mol. The second-order valence-corrected chi connectivity index (χ2v) is 9.01. The first-order valence-electron chi connectivity index (χ1n) is 9.37. The number of rotatable bonds is 7. The first-order chi connectivity index (χ1) is 13.1. The van der Waals surface area contributed by atoms with Crippen LogP contribution in [0.2, 0.25) is 0 Å². The predicted octanol–water partition coefficient (Wildman–Crippen LogP) is 1.40. The van der Waals surface area contributed by atoms with Crippen LogP contribution in [0.25, 0.3) is 5.69 Å². The first kappa shape index (κ1) is 19.4. The third-order valence-electron chi connectivity index (χ3n) is 4.59. The summed E-state index contributed by atoms with van der Waals surface area (Å²) in [5.41, 5.74) is 2.27. The van der Waals surface area contributed by atoms with Crippen molar-refractivity contribution >= 4 is 15.8 Å². The van der Waals surface area contributed by atoms with Gasteiger partial charge in [0.05, 0.1) is 17.2 Å². The molecule has 3 rings (SSSR count). The molecule has 8 heteroatoms. The minimum absolute atomic E-state index is 0.139. The number of guanidine groups is 1. The summed E-state index contributed by atoms with van der Waals surface area (Å²) in [5, 5.41) is 10.8. The van der Waals surface area contributed by atoms with Gasteiger partial charge in [0, 0.05) is 32.0 Å². The fraction of sp³-hybridized carbons (Fsp3) is 0.474. The lowest BCUT2D eigenvalue weighted by Gasteiger charge is -2.12. The van der Waals surface area contributed by atoms with E-state index in [1.165, 1.54) is 5.56 Å². The van der Waals surface area contributed by atoms with E-state index in [9.17, 15) is 8.42 Å². The van der Waals surface area contributed by atoms with E-state index in [1.54, 1.807) is 6.20 Å². The summed E-state index contributed by atoms with van der Waals surface area (Å²) in [6, 6.07) is 10.2. The first-order valence-corrected chi connectivity index (χ1v) is 11.2. The number of sulfone groups is 1. The van der Waals surface area contributed by atoms with Crippen molar-refractivity contribution in [3.63, 3.8) is 0 Å². The van der Waals surface area contributed by atoms with Gasteiger partial charge in [0.1, 0.15) is 0 Å². The van der Waals surface area contributed by atoms with E-state index in [0.717, 1.165) is 31.2 Å². The number of benzene rings is 1. The third kappa shape index (κ3) is 5.82. The molecule has 1 aromatic carbocycles. The molecule has 0 saturated carbocycles. The van der Waals surface area contributed by atoms with Crippen molar-refractivity contribution in [3.05, 3.63) is 48.3 Å². The van der Waals surface area contributed by atoms with Gasteiger partial charge in [-0.2, -0.15) is 5.10 Å². The van der Waals surface area contributed by atoms with Crippen LogP contribution in [0.1, 0.15) is 18.9 Å². The minimum Gasteiger partial charge on any atom is -0.357 e. The quantitative estimate of drug-likeness (QED) is 0.552. The maximum absolute atomic E-state index is 11.6. The van der Waals surface area contributed by atoms with E-state index < -0.39 is 9.84 Å². The van der Waals surface area contributed by atoms with Gasteiger partial charge in [-0.15, -0.1) is 0 Å². The highest BCUT2D eigenvalue weighted by molar-refractivity contribution is 7.91. The van der Waals surface area contributed by atoms with Crippen molar-refractivity contribution in [2.24, 2.45) is 10.9 Å². The lowest BCUT2D eigenvalue weighted by atomic mass is 10.1. The van der Waals surface area contributed by atoms with E-state index in [2.05, 4.69) is 45.0 Å². The Hall–Kier alpha value is -2.35. The summed E-state index contributed by atoms with van der Waals surface area (Å²) in [6.07, 6.45) is 5.28. The Kier molecular flexibility index (Phi) is 6.49. The molecule has 0 spiro atoms. The highest BCUT2D eigenvalue weighted by Gasteiger charge is 2.27. The lowest BCUT2D eigenvalue weighted by molar-refractivity contribution is 0.589. The van der Waals surface area contributed by atoms with Crippen molar-refractivity contribution in [1.82, 2.24) is 20.4 Å². The lowest BCUT2D eigenvalue weighted by Crippen LogP contribution is -2.38. The van der Waals surface area contributed by atoms with E-state index in [1.807, 2.05) is 23.9 Å². The fourth-order valence-electron chi connectivity index (χ4n) is 3.14. The van der Waals surface area contributed by atoms with Crippen molar-refractivity contribution < 1.29 is 8.42 Å². The number of nitrogens with zero attached hydrogens (tertiary/aromatic N) is 3. The largest absolute Gasteiger partial charge is 0.357 e. The van der Waals surface area contributed by atoms with E-state index in [-0.39, 0.29) is 11.7 Å². The molecule has 2 N–H and O–H groups in total. The topological polar surface area (TPSA) is 88.4 Å². The normalized spacial score (nSPS) is 19.1. The van der Waals surface area contributed by atoms with E-state index in [0.29, 0.717) is 18.7 Å². The Morgan fingerprint density at radius 3 is 2.74 bits per heavy atom. The summed E-state index contributed by atoms with van der Waals surface area (Å²) < 4.78 is 24.9. The number of aliphatic imine (C=N–C) groups is 1. The Balaban J connectivity index is 1.48. The molecule has 1 unspecified atom stereocenters. The molecule has 0 aliphatic carbocycles. The van der Waals surface area contributed by atoms with Crippen molar-refractivity contribution in [2.75, 3.05) is 31.1 Å². The maximum Gasteiger partial charge on any atom is 0.191 e. The molecule has 1 aromatic heterocycles. The third-order valence-corrected chi connectivity index (χ3v) is 6.43. The highest BCUT2D eigenvalue weighted by Crippen LogP contribution is 2.18. The Morgan fingerprint density at radius 1 is 1.30 bits per heavy atom. The second-order valence-electron chi connectivity index (χ2n) is 6.78. The minimum atomic E-state index is -2.84. The van der Waals surface area contributed by atoms with Crippen molar-refractivity contribution in [2.45, 2.75) is 19.8 Å². The smallest absolute Gasteiger partial charge is 0.191 e. The summed E-state index contributed by atoms with van der Waals surface area (Å²) in [5.74, 6) is 1.44. The van der Waals surface area contributed by atoms with Crippen LogP contribution in [0.4, 0.5) is 0 Å². The number of nitrogens with one attached hydrogen (secondary N) is 2. The summed E-state index contributed by atoms with van der Waals surface area (Å²) in [6.45, 7) is 4.10. The molecule has 1 atom stereocenters. The molecule has 0 bridgehead atoms. The summed E-state index contributed by atoms with van der Waals surface area (Å²) in [4.78, 5) is 4.56. The van der Waals surface area contributed by atoms with Crippen LogP contribution < -0.4 is 10.6 Å². The zero-order valence-electron chi connectivity index (χ0n) is 15.6. The van der Waals surface area contributed by atoms with Crippen LogP contribution in [-0.2, 0) is 16.3 Å². The van der Waals surface area contributed by atoms with Gasteiger partial charge >= 0.3 is 0 Å². The van der Waals surface area contributed by atoms with Gasteiger partial charge in [0.15, 0.2) is 15.8 Å². The average molecular weight is 390 g/mol. The molecule has 0 radical (unpaired) electrons. The van der Waals surface area contributed by atoms with Gasteiger partial charge in [0.2, 0.25) is 0 Å². The predicted molar refractivity (Wildman–Crippen MR) is 108 cm³/mol. The van der Waals surface area contributed by atoms with Gasteiger partial charge in [-0.1, -0.05) is 12.1 Å². The molecule has 0 amide bonds. The molecule has 1 saturated heterocycles. The molecule has 1 aliphatic rings. The molecule has 7 nitrogen and oxygen atoms in total. The summed E-state index contributed by atoms with van der Waals surface area (Å²) in [7, 11) is -2.84. The van der Waals surface area contributed by atoms with Crippen LogP contribution in [0, 0.1) is 5.92 Å². The standard InChI is InChI=1S/C19H27N5O2S/c1-2-20-19(22-14-17-9-13-27(25,26)15-17)21-11-8-16-4-6-18(7-5-16)24-12-3-10-23-24/h3-7,10,12,17H,2,8-9,11,13-15H2,1H3,(H2,20,21,22). The van der Waals surface area contributed by atoms with Gasteiger partial charge in [0.25, 0.3) is 0 Å². The van der Waals surface area contributed by atoms with E-state index in [4.69, 9.17) is 0 Å². The Labute approximate surface area is 160 Å². The van der Waals surface area contributed by atoms with E-state index >= 15 is 0 Å². The molecule has 1 fully saturated rings. The van der Waals surface area contributed by atoms with Gasteiger partial charge < -0.3 is 10.6 Å². The fourth-order valence-corrected chi connectivity index (χ4v) is 4.99. The zero-order valence-corrected chi connectivity index (χ0v) is 16.5. The molecule has 27 heavy (non-hydrogen) atoms. The monoisotopic (exact) mass is 389 g/mol. The number of hydrogen-bond donors (Lipinski definition) is 2. The maximum atomic E-state index is 11.6. The molecule has 2 aromatic rings. The molecule has 1 aliphatic heterocycles. The number of hydrogen-bond acceptors (Lipinski definition) is 4. The number of aromatic nitrogens is 2. The van der Waals surface area contributed by atoms with Crippen LogP contribution in [0.5, 0.6) is 0 Å². The molecular formula is C19H27N5O2S. The van der Waals surface area contributed by atoms with Crippen LogP contribution in [0.3, 0.4) is 0 Å². The Bertz CT molecular complexity index is 845. The second kappa shape index (κ2) is 9.03. The van der Waals surface area contributed by atoms with Crippen LogP contribution >= 0.6 is 0 Å². The van der Waals surface area contributed by atoms with Gasteiger partial charge in [-0.25, -0.2) is 13.1 Å². The van der Waals surface area contributed by atoms with Gasteiger partial charge in [-0.05, 0) is 49.4 Å². The average Bonchev–Trinajstić information content (AvgIpc) is 3.30. The highest BCUT2D eigenvalue weighted by atomic mass is 32.2. The van der Waals surface area contributed by atoms with Crippen LogP contribution in [-0.4, -0.2) is 55.3 Å². The summed E-state index contributed by atoms with van der Waals surface area (Å²) >= 11 is 0. The van der Waals surface area contributed by atoms with Gasteiger partial charge in [-0.3, -0.25) is 4.99 Å². The molecule has 146 valence electrons. The zero-order chi connectivity index (χ0) is 19.1. The molecule has 2 heterocycles.